The Hall–Kier alpha value is -1.18. The lowest BCUT2D eigenvalue weighted by molar-refractivity contribution is -0.140. The van der Waals surface area contributed by atoms with Crippen molar-refractivity contribution in [3.8, 4) is 0 Å². The van der Waals surface area contributed by atoms with Gasteiger partial charge in [-0.15, -0.1) is 0 Å². The summed E-state index contributed by atoms with van der Waals surface area (Å²) >= 11 is 0. The van der Waals surface area contributed by atoms with E-state index in [1.807, 2.05) is 0 Å². The van der Waals surface area contributed by atoms with Gasteiger partial charge in [-0.1, -0.05) is 6.07 Å². The average Bonchev–Trinajstić information content (AvgIpc) is 2.27. The van der Waals surface area contributed by atoms with E-state index in [0.717, 1.165) is 12.1 Å². The molecule has 1 aromatic rings. The first-order valence-corrected chi connectivity index (χ1v) is 5.11. The molecule has 0 saturated carbocycles. The highest BCUT2D eigenvalue weighted by Gasteiger charge is 2.36. The molecule has 3 nitrogen and oxygen atoms in total. The molecule has 0 aliphatic heterocycles. The zero-order valence-corrected chi connectivity index (χ0v) is 9.15. The van der Waals surface area contributed by atoms with E-state index in [1.165, 1.54) is 0 Å². The number of benzene rings is 1. The molecule has 18 heavy (non-hydrogen) atoms. The van der Waals surface area contributed by atoms with Crippen molar-refractivity contribution in [3.05, 3.63) is 35.1 Å². The Morgan fingerprint density at radius 2 is 1.78 bits per heavy atom. The first-order chi connectivity index (χ1) is 8.27. The summed E-state index contributed by atoms with van der Waals surface area (Å²) in [5.41, 5.74) is -1.96. The third-order valence-electron chi connectivity index (χ3n) is 2.43. The van der Waals surface area contributed by atoms with E-state index in [2.05, 4.69) is 0 Å². The summed E-state index contributed by atoms with van der Waals surface area (Å²) in [5.74, 6) is -1.09. The summed E-state index contributed by atoms with van der Waals surface area (Å²) in [6.07, 6.45) is -8.51. The van der Waals surface area contributed by atoms with Crippen molar-refractivity contribution in [2.45, 2.75) is 24.8 Å². The van der Waals surface area contributed by atoms with Crippen LogP contribution in [-0.4, -0.2) is 28.0 Å². The summed E-state index contributed by atoms with van der Waals surface area (Å²) in [5, 5.41) is 27.5. The van der Waals surface area contributed by atoms with E-state index in [4.69, 9.17) is 5.11 Å². The van der Waals surface area contributed by atoms with Crippen LogP contribution in [0.3, 0.4) is 0 Å². The molecule has 2 atom stereocenters. The molecule has 0 saturated heterocycles. The lowest BCUT2D eigenvalue weighted by Crippen LogP contribution is -2.23. The van der Waals surface area contributed by atoms with Crippen LogP contribution in [-0.2, 0) is 6.18 Å². The second-order valence-electron chi connectivity index (χ2n) is 3.75. The minimum Gasteiger partial charge on any atom is -0.396 e. The van der Waals surface area contributed by atoms with Gasteiger partial charge in [0.1, 0.15) is 11.9 Å². The molecular weight excluding hydrogens is 256 g/mol. The normalized spacial score (nSPS) is 15.5. The molecule has 0 fully saturated rings. The standard InChI is InChI=1S/C11H12F4O3/c12-6-1-2-7(8(5-6)11(13,14)15)10(18)9(17)3-4-16/h1-2,5,9-10,16-18H,3-4H2. The molecule has 3 N–H and O–H groups in total. The van der Waals surface area contributed by atoms with Crippen molar-refractivity contribution in [3.63, 3.8) is 0 Å². The van der Waals surface area contributed by atoms with E-state index < -0.39 is 41.9 Å². The maximum atomic E-state index is 12.8. The van der Waals surface area contributed by atoms with Crippen molar-refractivity contribution in [2.75, 3.05) is 6.61 Å². The van der Waals surface area contributed by atoms with Crippen LogP contribution >= 0.6 is 0 Å². The summed E-state index contributed by atoms with van der Waals surface area (Å²) < 4.78 is 50.7. The molecule has 0 amide bonds. The van der Waals surface area contributed by atoms with Crippen molar-refractivity contribution in [1.29, 1.82) is 0 Å². The SMILES string of the molecule is OCCC(O)C(O)c1ccc(F)cc1C(F)(F)F. The first kappa shape index (κ1) is 14.9. The maximum Gasteiger partial charge on any atom is 0.416 e. The number of aliphatic hydroxyl groups is 3. The molecule has 7 heteroatoms. The summed E-state index contributed by atoms with van der Waals surface area (Å²) in [7, 11) is 0. The number of halogens is 4. The zero-order chi connectivity index (χ0) is 13.9. The first-order valence-electron chi connectivity index (χ1n) is 5.11. The van der Waals surface area contributed by atoms with Gasteiger partial charge in [-0.2, -0.15) is 13.2 Å². The molecular formula is C11H12F4O3. The molecule has 1 aromatic carbocycles. The van der Waals surface area contributed by atoms with Gasteiger partial charge in [0.15, 0.2) is 0 Å². The van der Waals surface area contributed by atoms with Gasteiger partial charge in [-0.05, 0) is 24.1 Å². The zero-order valence-electron chi connectivity index (χ0n) is 9.15. The van der Waals surface area contributed by atoms with Gasteiger partial charge in [0.2, 0.25) is 0 Å². The van der Waals surface area contributed by atoms with Crippen molar-refractivity contribution in [1.82, 2.24) is 0 Å². The Balaban J connectivity index is 3.15. The van der Waals surface area contributed by atoms with Crippen LogP contribution in [0, 0.1) is 5.82 Å². The quantitative estimate of drug-likeness (QED) is 0.727. The van der Waals surface area contributed by atoms with Crippen LogP contribution < -0.4 is 0 Å². The fourth-order valence-corrected chi connectivity index (χ4v) is 1.53. The van der Waals surface area contributed by atoms with Gasteiger partial charge in [-0.3, -0.25) is 0 Å². The summed E-state index contributed by atoms with van der Waals surface area (Å²) in [6, 6.07) is 1.78. The van der Waals surface area contributed by atoms with Crippen LogP contribution in [0.2, 0.25) is 0 Å². The van der Waals surface area contributed by atoms with Gasteiger partial charge in [-0.25, -0.2) is 4.39 Å². The third kappa shape index (κ3) is 3.41. The fourth-order valence-electron chi connectivity index (χ4n) is 1.53. The number of hydrogen-bond donors (Lipinski definition) is 3. The Morgan fingerprint density at radius 1 is 1.17 bits per heavy atom. The lowest BCUT2D eigenvalue weighted by atomic mass is 9.97. The molecule has 0 aromatic heterocycles. The largest absolute Gasteiger partial charge is 0.416 e. The van der Waals surface area contributed by atoms with E-state index >= 15 is 0 Å². The second kappa shape index (κ2) is 5.64. The second-order valence-corrected chi connectivity index (χ2v) is 3.75. The Bertz CT molecular complexity index is 406. The van der Waals surface area contributed by atoms with Crippen molar-refractivity contribution in [2.24, 2.45) is 0 Å². The minimum absolute atomic E-state index is 0.254. The van der Waals surface area contributed by atoms with Crippen molar-refractivity contribution >= 4 is 0 Å². The molecule has 0 heterocycles. The van der Waals surface area contributed by atoms with Crippen LogP contribution in [0.25, 0.3) is 0 Å². The Kier molecular flexibility index (Phi) is 4.66. The summed E-state index contributed by atoms with van der Waals surface area (Å²) in [4.78, 5) is 0. The van der Waals surface area contributed by atoms with E-state index in [9.17, 15) is 27.8 Å². The Morgan fingerprint density at radius 3 is 2.28 bits per heavy atom. The minimum atomic E-state index is -4.84. The number of hydrogen-bond acceptors (Lipinski definition) is 3. The van der Waals surface area contributed by atoms with Gasteiger partial charge < -0.3 is 15.3 Å². The molecule has 0 aliphatic carbocycles. The number of rotatable bonds is 4. The van der Waals surface area contributed by atoms with Crippen LogP contribution in [0.15, 0.2) is 18.2 Å². The predicted molar refractivity (Wildman–Crippen MR) is 54.1 cm³/mol. The number of aliphatic hydroxyl groups excluding tert-OH is 3. The molecule has 0 radical (unpaired) electrons. The monoisotopic (exact) mass is 268 g/mol. The highest BCUT2D eigenvalue weighted by Crippen LogP contribution is 2.36. The predicted octanol–water partition coefficient (Wildman–Crippen LogP) is 1.62. The van der Waals surface area contributed by atoms with Gasteiger partial charge in [0, 0.05) is 6.61 Å². The molecule has 0 spiro atoms. The number of alkyl halides is 3. The maximum absolute atomic E-state index is 12.8. The van der Waals surface area contributed by atoms with Crippen LogP contribution in [0.1, 0.15) is 23.7 Å². The molecule has 2 unspecified atom stereocenters. The Labute approximate surface area is 100 Å². The van der Waals surface area contributed by atoms with Crippen LogP contribution in [0.4, 0.5) is 17.6 Å². The summed E-state index contributed by atoms with van der Waals surface area (Å²) in [6.45, 7) is -0.485. The molecule has 102 valence electrons. The van der Waals surface area contributed by atoms with E-state index in [1.54, 1.807) is 0 Å². The van der Waals surface area contributed by atoms with Crippen LogP contribution in [0.5, 0.6) is 0 Å². The highest BCUT2D eigenvalue weighted by atomic mass is 19.4. The average molecular weight is 268 g/mol. The molecule has 0 bridgehead atoms. The van der Waals surface area contributed by atoms with Gasteiger partial charge in [0.25, 0.3) is 0 Å². The van der Waals surface area contributed by atoms with Gasteiger partial charge >= 0.3 is 6.18 Å². The van der Waals surface area contributed by atoms with Crippen molar-refractivity contribution < 1.29 is 32.9 Å². The lowest BCUT2D eigenvalue weighted by Gasteiger charge is -2.21. The van der Waals surface area contributed by atoms with E-state index in [-0.39, 0.29) is 12.5 Å². The molecule has 1 rings (SSSR count). The smallest absolute Gasteiger partial charge is 0.396 e. The van der Waals surface area contributed by atoms with E-state index in [0.29, 0.717) is 0 Å². The topological polar surface area (TPSA) is 60.7 Å². The fraction of sp³-hybridized carbons (Fsp3) is 0.455. The van der Waals surface area contributed by atoms with Gasteiger partial charge in [0.05, 0.1) is 11.7 Å². The highest BCUT2D eigenvalue weighted by molar-refractivity contribution is 5.32. The third-order valence-corrected chi connectivity index (χ3v) is 2.43. The molecule has 0 aliphatic rings.